The Bertz CT molecular complexity index is 387. The molecule has 0 aliphatic carbocycles. The quantitative estimate of drug-likeness (QED) is 0.873. The number of aliphatic hydroxyl groups is 1. The summed E-state index contributed by atoms with van der Waals surface area (Å²) in [5.74, 6) is 0.156. The lowest BCUT2D eigenvalue weighted by atomic mass is 9.98. The van der Waals surface area contributed by atoms with Gasteiger partial charge in [-0.15, -0.1) is 0 Å². The Balaban J connectivity index is 1.82. The Labute approximate surface area is 107 Å². The number of carbonyl (C=O) groups is 1. The molecule has 0 saturated carbocycles. The summed E-state index contributed by atoms with van der Waals surface area (Å²) in [5.41, 5.74) is -0.614. The van der Waals surface area contributed by atoms with Crippen molar-refractivity contribution >= 4 is 5.91 Å². The van der Waals surface area contributed by atoms with E-state index in [2.05, 4.69) is 5.10 Å². The lowest BCUT2D eigenvalue weighted by Gasteiger charge is -2.22. The van der Waals surface area contributed by atoms with Gasteiger partial charge in [-0.3, -0.25) is 9.48 Å². The minimum absolute atomic E-state index is 0.156. The number of hydrogen-bond acceptors (Lipinski definition) is 3. The highest BCUT2D eigenvalue weighted by Gasteiger charge is 2.26. The fraction of sp³-hybridized carbons (Fsp3) is 0.692. The van der Waals surface area contributed by atoms with Crippen molar-refractivity contribution in [2.75, 3.05) is 13.1 Å². The Hall–Kier alpha value is -1.36. The third-order valence-electron chi connectivity index (χ3n) is 3.53. The van der Waals surface area contributed by atoms with E-state index in [1.807, 2.05) is 24.1 Å². The molecule has 2 rings (SSSR count). The van der Waals surface area contributed by atoms with Crippen LogP contribution in [0.4, 0.5) is 0 Å². The van der Waals surface area contributed by atoms with Crippen molar-refractivity contribution in [1.29, 1.82) is 0 Å². The molecule has 100 valence electrons. The molecule has 1 unspecified atom stereocenters. The summed E-state index contributed by atoms with van der Waals surface area (Å²) in [5, 5.41) is 14.1. The van der Waals surface area contributed by atoms with E-state index in [1.54, 1.807) is 10.9 Å². The van der Waals surface area contributed by atoms with Crippen LogP contribution in [0, 0.1) is 0 Å². The monoisotopic (exact) mass is 251 g/mol. The van der Waals surface area contributed by atoms with Gasteiger partial charge in [0.2, 0.25) is 5.91 Å². The first-order chi connectivity index (χ1) is 8.57. The minimum atomic E-state index is -0.614. The maximum atomic E-state index is 12.1. The number of rotatable bonds is 3. The molecule has 1 aromatic heterocycles. The minimum Gasteiger partial charge on any atom is -0.390 e. The Morgan fingerprint density at radius 3 is 3.00 bits per heavy atom. The van der Waals surface area contributed by atoms with Gasteiger partial charge in [0.25, 0.3) is 0 Å². The number of nitrogens with zero attached hydrogens (tertiary/aromatic N) is 3. The van der Waals surface area contributed by atoms with Crippen molar-refractivity contribution in [2.45, 2.75) is 44.8 Å². The van der Waals surface area contributed by atoms with Gasteiger partial charge in [-0.2, -0.15) is 5.10 Å². The zero-order valence-corrected chi connectivity index (χ0v) is 10.9. The molecule has 1 aliphatic heterocycles. The van der Waals surface area contributed by atoms with Crippen LogP contribution in [0.2, 0.25) is 0 Å². The molecule has 1 atom stereocenters. The molecule has 1 fully saturated rings. The van der Waals surface area contributed by atoms with Crippen LogP contribution in [0.1, 0.15) is 32.6 Å². The third kappa shape index (κ3) is 3.57. The second-order valence-electron chi connectivity index (χ2n) is 5.25. The van der Waals surface area contributed by atoms with Crippen LogP contribution >= 0.6 is 0 Å². The highest BCUT2D eigenvalue weighted by atomic mass is 16.3. The molecule has 18 heavy (non-hydrogen) atoms. The zero-order valence-electron chi connectivity index (χ0n) is 10.9. The van der Waals surface area contributed by atoms with Crippen LogP contribution in [-0.2, 0) is 11.3 Å². The topological polar surface area (TPSA) is 58.4 Å². The molecule has 0 radical (unpaired) electrons. The molecule has 5 heteroatoms. The summed E-state index contributed by atoms with van der Waals surface area (Å²) in [7, 11) is 0. The maximum absolute atomic E-state index is 12.1. The van der Waals surface area contributed by atoms with Crippen molar-refractivity contribution in [1.82, 2.24) is 14.7 Å². The first-order valence-corrected chi connectivity index (χ1v) is 6.54. The van der Waals surface area contributed by atoms with Crippen molar-refractivity contribution < 1.29 is 9.90 Å². The zero-order chi connectivity index (χ0) is 13.0. The summed E-state index contributed by atoms with van der Waals surface area (Å²) < 4.78 is 1.77. The molecule has 5 nitrogen and oxygen atoms in total. The molecule has 1 amide bonds. The summed E-state index contributed by atoms with van der Waals surface area (Å²) in [6.45, 7) is 3.89. The standard InChI is InChI=1S/C13H21N3O2/c1-13(18)5-2-8-15(11-6-13)12(17)4-10-16-9-3-7-14-16/h3,7,9,18H,2,4-6,8,10-11H2,1H3. The fourth-order valence-electron chi connectivity index (χ4n) is 2.31. The van der Waals surface area contributed by atoms with E-state index < -0.39 is 5.60 Å². The van der Waals surface area contributed by atoms with Gasteiger partial charge in [-0.1, -0.05) is 0 Å². The highest BCUT2D eigenvalue weighted by molar-refractivity contribution is 5.76. The van der Waals surface area contributed by atoms with E-state index in [1.165, 1.54) is 0 Å². The lowest BCUT2D eigenvalue weighted by molar-refractivity contribution is -0.131. The molecule has 1 saturated heterocycles. The molecule has 0 spiro atoms. The van der Waals surface area contributed by atoms with Crippen molar-refractivity contribution in [2.24, 2.45) is 0 Å². The summed E-state index contributed by atoms with van der Waals surface area (Å²) in [6, 6.07) is 1.85. The Morgan fingerprint density at radius 1 is 1.44 bits per heavy atom. The third-order valence-corrected chi connectivity index (χ3v) is 3.53. The molecule has 1 N–H and O–H groups in total. The Morgan fingerprint density at radius 2 is 2.28 bits per heavy atom. The van der Waals surface area contributed by atoms with E-state index in [0.29, 0.717) is 25.9 Å². The summed E-state index contributed by atoms with van der Waals surface area (Å²) in [6.07, 6.45) is 6.37. The van der Waals surface area contributed by atoms with Crippen molar-refractivity contribution in [3.05, 3.63) is 18.5 Å². The van der Waals surface area contributed by atoms with Gasteiger partial charge in [0.05, 0.1) is 5.60 Å². The average molecular weight is 251 g/mol. The number of aryl methyl sites for hydroxylation is 1. The molecule has 2 heterocycles. The average Bonchev–Trinajstić information content (AvgIpc) is 2.77. The highest BCUT2D eigenvalue weighted by Crippen LogP contribution is 2.21. The number of amides is 1. The van der Waals surface area contributed by atoms with Crippen LogP contribution in [0.5, 0.6) is 0 Å². The van der Waals surface area contributed by atoms with Crippen LogP contribution in [0.15, 0.2) is 18.5 Å². The predicted molar refractivity (Wildman–Crippen MR) is 67.9 cm³/mol. The maximum Gasteiger partial charge on any atom is 0.224 e. The van der Waals surface area contributed by atoms with Gasteiger partial charge in [-0.05, 0) is 32.3 Å². The second kappa shape index (κ2) is 5.52. The number of hydrogen-bond donors (Lipinski definition) is 1. The lowest BCUT2D eigenvalue weighted by Crippen LogP contribution is -2.34. The van der Waals surface area contributed by atoms with Gasteiger partial charge in [-0.25, -0.2) is 0 Å². The van der Waals surface area contributed by atoms with Gasteiger partial charge in [0.15, 0.2) is 0 Å². The number of aromatic nitrogens is 2. The van der Waals surface area contributed by atoms with E-state index >= 15 is 0 Å². The number of likely N-dealkylation sites (tertiary alicyclic amines) is 1. The van der Waals surface area contributed by atoms with E-state index in [-0.39, 0.29) is 5.91 Å². The van der Waals surface area contributed by atoms with Gasteiger partial charge < -0.3 is 10.0 Å². The van der Waals surface area contributed by atoms with E-state index in [4.69, 9.17) is 0 Å². The first kappa shape index (κ1) is 13.1. The smallest absolute Gasteiger partial charge is 0.224 e. The molecule has 0 bridgehead atoms. The fourth-order valence-corrected chi connectivity index (χ4v) is 2.31. The predicted octanol–water partition coefficient (Wildman–Crippen LogP) is 1.04. The van der Waals surface area contributed by atoms with Crippen LogP contribution < -0.4 is 0 Å². The van der Waals surface area contributed by atoms with Crippen LogP contribution in [0.25, 0.3) is 0 Å². The molecule has 1 aliphatic rings. The SMILES string of the molecule is CC1(O)CCCN(C(=O)CCn2cccn2)CC1. The molecular formula is C13H21N3O2. The number of carbonyl (C=O) groups excluding carboxylic acids is 1. The Kier molecular flexibility index (Phi) is 4.01. The van der Waals surface area contributed by atoms with E-state index in [9.17, 15) is 9.90 Å². The normalized spacial score (nSPS) is 24.9. The van der Waals surface area contributed by atoms with Gasteiger partial charge in [0.1, 0.15) is 0 Å². The molecule has 1 aromatic rings. The van der Waals surface area contributed by atoms with Gasteiger partial charge >= 0.3 is 0 Å². The van der Waals surface area contributed by atoms with Crippen LogP contribution in [0.3, 0.4) is 0 Å². The molecular weight excluding hydrogens is 230 g/mol. The summed E-state index contributed by atoms with van der Waals surface area (Å²) in [4.78, 5) is 13.9. The van der Waals surface area contributed by atoms with Gasteiger partial charge in [0, 0.05) is 38.4 Å². The van der Waals surface area contributed by atoms with Crippen LogP contribution in [-0.4, -0.2) is 44.4 Å². The summed E-state index contributed by atoms with van der Waals surface area (Å²) >= 11 is 0. The second-order valence-corrected chi connectivity index (χ2v) is 5.25. The van der Waals surface area contributed by atoms with Crippen molar-refractivity contribution in [3.63, 3.8) is 0 Å². The first-order valence-electron chi connectivity index (χ1n) is 6.54. The van der Waals surface area contributed by atoms with Crippen molar-refractivity contribution in [3.8, 4) is 0 Å². The van der Waals surface area contributed by atoms with E-state index in [0.717, 1.165) is 19.4 Å². The largest absolute Gasteiger partial charge is 0.390 e. The molecule has 0 aromatic carbocycles.